The summed E-state index contributed by atoms with van der Waals surface area (Å²) < 4.78 is 39.7. The van der Waals surface area contributed by atoms with Crippen molar-refractivity contribution >= 4 is 22.0 Å². The van der Waals surface area contributed by atoms with Crippen molar-refractivity contribution in [3.8, 4) is 0 Å². The molecule has 3 rings (SSSR count). The van der Waals surface area contributed by atoms with Crippen LogP contribution in [0.5, 0.6) is 0 Å². The number of nitrogens with zero attached hydrogens (tertiary/aromatic N) is 3. The third kappa shape index (κ3) is 2.09. The maximum Gasteiger partial charge on any atom is 0.418 e. The molecule has 2 aliphatic rings. The molecular weight excluding hydrogens is 278 g/mol. The molecule has 0 radical (unpaired) electrons. The lowest BCUT2D eigenvalue weighted by Gasteiger charge is -2.21. The molecule has 2 aliphatic heterocycles. The molecule has 1 aromatic rings. The van der Waals surface area contributed by atoms with E-state index in [2.05, 4.69) is 9.27 Å². The van der Waals surface area contributed by atoms with E-state index >= 15 is 0 Å². The highest BCUT2D eigenvalue weighted by Crippen LogP contribution is 2.32. The van der Waals surface area contributed by atoms with E-state index in [9.17, 15) is 13.2 Å². The van der Waals surface area contributed by atoms with Crippen LogP contribution in [0, 0.1) is 0 Å². The van der Waals surface area contributed by atoms with Gasteiger partial charge in [0, 0.05) is 12.1 Å². The molecule has 0 aliphatic carbocycles. The number of hydrogen-bond acceptors (Lipinski definition) is 6. The van der Waals surface area contributed by atoms with Gasteiger partial charge in [0.25, 0.3) is 0 Å². The van der Waals surface area contributed by atoms with Gasteiger partial charge in [-0.1, -0.05) is 6.08 Å². The molecule has 19 heavy (non-hydrogen) atoms. The second kappa shape index (κ2) is 4.05. The highest BCUT2D eigenvalue weighted by molar-refractivity contribution is 7.80. The minimum atomic E-state index is -4.77. The molecule has 0 aromatic carbocycles. The van der Waals surface area contributed by atoms with Crippen LogP contribution in [0.2, 0.25) is 0 Å². The predicted molar refractivity (Wildman–Crippen MR) is 59.7 cm³/mol. The summed E-state index contributed by atoms with van der Waals surface area (Å²) in [6.07, 6.45) is 4.41. The third-order valence-electron chi connectivity index (χ3n) is 2.92. The fourth-order valence-corrected chi connectivity index (χ4v) is 2.53. The summed E-state index contributed by atoms with van der Waals surface area (Å²) in [5.41, 5.74) is 0.586. The van der Waals surface area contributed by atoms with Crippen LogP contribution in [0.1, 0.15) is 5.76 Å². The highest BCUT2D eigenvalue weighted by Gasteiger charge is 2.45. The van der Waals surface area contributed by atoms with Crippen LogP contribution in [0.25, 0.3) is 5.57 Å². The van der Waals surface area contributed by atoms with E-state index in [4.69, 9.17) is 8.97 Å². The number of fused-ring (bicyclic) bond motifs is 2. The number of carbonyl (C=O) groups is 1. The maximum atomic E-state index is 11.9. The van der Waals surface area contributed by atoms with Crippen LogP contribution in [0.4, 0.5) is 4.79 Å². The monoisotopic (exact) mass is 287 g/mol. The molecule has 2 amide bonds. The minimum absolute atomic E-state index is 0.251. The first-order valence-electron chi connectivity index (χ1n) is 5.30. The topological polar surface area (TPSA) is 113 Å². The van der Waals surface area contributed by atoms with Gasteiger partial charge >= 0.3 is 16.4 Å². The van der Waals surface area contributed by atoms with E-state index in [-0.39, 0.29) is 6.54 Å². The second-order valence-electron chi connectivity index (χ2n) is 4.06. The van der Waals surface area contributed by atoms with Gasteiger partial charge in [-0.2, -0.15) is 13.5 Å². The molecule has 102 valence electrons. The Hall–Kier alpha value is -1.91. The zero-order valence-electron chi connectivity index (χ0n) is 9.46. The van der Waals surface area contributed by atoms with Gasteiger partial charge < -0.3 is 9.32 Å². The van der Waals surface area contributed by atoms with E-state index in [0.29, 0.717) is 22.9 Å². The third-order valence-corrected chi connectivity index (χ3v) is 3.27. The van der Waals surface area contributed by atoms with Crippen molar-refractivity contribution in [3.63, 3.8) is 0 Å². The zero-order valence-corrected chi connectivity index (χ0v) is 10.3. The summed E-state index contributed by atoms with van der Waals surface area (Å²) in [5.74, 6) is 0.420. The van der Waals surface area contributed by atoms with Crippen molar-refractivity contribution in [2.75, 3.05) is 13.1 Å². The van der Waals surface area contributed by atoms with Crippen LogP contribution in [-0.2, 0) is 14.7 Å². The van der Waals surface area contributed by atoms with Gasteiger partial charge in [-0.15, -0.1) is 4.28 Å². The molecule has 0 saturated carbocycles. The lowest BCUT2D eigenvalue weighted by atomic mass is 10.0. The Balaban J connectivity index is 1.95. The van der Waals surface area contributed by atoms with Crippen molar-refractivity contribution in [2.45, 2.75) is 6.04 Å². The average Bonchev–Trinajstić information content (AvgIpc) is 2.93. The first-order chi connectivity index (χ1) is 8.96. The molecule has 1 saturated heterocycles. The van der Waals surface area contributed by atoms with Gasteiger partial charge in [0.15, 0.2) is 12.2 Å². The molecule has 2 bridgehead atoms. The van der Waals surface area contributed by atoms with Crippen molar-refractivity contribution in [1.29, 1.82) is 0 Å². The van der Waals surface area contributed by atoms with Gasteiger partial charge in [-0.25, -0.2) is 9.78 Å². The van der Waals surface area contributed by atoms with Crippen molar-refractivity contribution < 1.29 is 26.5 Å². The number of amides is 2. The van der Waals surface area contributed by atoms with E-state index in [0.717, 1.165) is 0 Å². The number of hydroxylamine groups is 2. The first-order valence-corrected chi connectivity index (χ1v) is 6.66. The van der Waals surface area contributed by atoms with Gasteiger partial charge in [-0.3, -0.25) is 4.55 Å². The molecule has 0 spiro atoms. The van der Waals surface area contributed by atoms with Crippen molar-refractivity contribution in [1.82, 2.24) is 14.9 Å². The molecule has 3 heterocycles. The smallest absolute Gasteiger partial charge is 0.418 e. The number of rotatable bonds is 3. The van der Waals surface area contributed by atoms with Crippen LogP contribution >= 0.6 is 0 Å². The summed E-state index contributed by atoms with van der Waals surface area (Å²) in [6.45, 7) is 0.553. The Morgan fingerprint density at radius 2 is 2.32 bits per heavy atom. The summed E-state index contributed by atoms with van der Waals surface area (Å²) in [7, 11) is -4.77. The number of hydrogen-bond donors (Lipinski definition) is 1. The van der Waals surface area contributed by atoms with Gasteiger partial charge in [0.1, 0.15) is 6.04 Å². The molecule has 1 N–H and O–H groups in total. The van der Waals surface area contributed by atoms with Crippen LogP contribution in [0.3, 0.4) is 0 Å². The Labute approximate surface area is 108 Å². The number of urea groups is 1. The summed E-state index contributed by atoms with van der Waals surface area (Å²) in [4.78, 5) is 17.0. The molecule has 1 unspecified atom stereocenters. The van der Waals surface area contributed by atoms with E-state index in [1.165, 1.54) is 17.5 Å². The number of oxazole rings is 1. The van der Waals surface area contributed by atoms with E-state index in [1.54, 1.807) is 6.08 Å². The van der Waals surface area contributed by atoms with Crippen LogP contribution < -0.4 is 0 Å². The number of carbonyl (C=O) groups excluding carboxylic acids is 1. The van der Waals surface area contributed by atoms with Gasteiger partial charge in [-0.05, 0) is 0 Å². The van der Waals surface area contributed by atoms with Crippen LogP contribution in [-0.4, -0.2) is 53.1 Å². The molecule has 9 nitrogen and oxygen atoms in total. The fourth-order valence-electron chi connectivity index (χ4n) is 2.16. The fraction of sp³-hybridized carbons (Fsp3) is 0.333. The summed E-state index contributed by atoms with van der Waals surface area (Å²) in [6, 6.07) is -1.30. The first kappa shape index (κ1) is 12.1. The zero-order chi connectivity index (χ0) is 13.6. The highest BCUT2D eigenvalue weighted by atomic mass is 32.3. The molecule has 10 heteroatoms. The minimum Gasteiger partial charge on any atom is -0.444 e. The predicted octanol–water partition coefficient (Wildman–Crippen LogP) is -0.0878. The summed E-state index contributed by atoms with van der Waals surface area (Å²) in [5, 5.41) is 0.622. The standard InChI is InChI=1S/C9H9N3O6S/c13-9-11-2-1-6(8-3-10-5-17-8)7(4-11)12(9)18-19(14,15)16/h1,3,5,7H,2,4H2,(H,14,15,16). The Kier molecular flexibility index (Phi) is 2.59. The Morgan fingerprint density at radius 3 is 2.95 bits per heavy atom. The lowest BCUT2D eigenvalue weighted by Crippen LogP contribution is -2.36. The summed E-state index contributed by atoms with van der Waals surface area (Å²) >= 11 is 0. The van der Waals surface area contributed by atoms with E-state index in [1.807, 2.05) is 0 Å². The van der Waals surface area contributed by atoms with Crippen molar-refractivity contribution in [2.24, 2.45) is 0 Å². The Morgan fingerprint density at radius 1 is 1.53 bits per heavy atom. The van der Waals surface area contributed by atoms with E-state index < -0.39 is 22.5 Å². The van der Waals surface area contributed by atoms with Crippen molar-refractivity contribution in [3.05, 3.63) is 24.4 Å². The second-order valence-corrected chi connectivity index (χ2v) is 5.06. The lowest BCUT2D eigenvalue weighted by molar-refractivity contribution is -0.0163. The molecule has 1 aromatic heterocycles. The largest absolute Gasteiger partial charge is 0.444 e. The molecule has 1 fully saturated rings. The quantitative estimate of drug-likeness (QED) is 0.773. The molecule has 1 atom stereocenters. The number of aromatic nitrogens is 1. The normalized spacial score (nSPS) is 22.9. The Bertz CT molecular complexity index is 637. The van der Waals surface area contributed by atoms with Crippen LogP contribution in [0.15, 0.2) is 23.1 Å². The van der Waals surface area contributed by atoms with Gasteiger partial charge in [0.05, 0.1) is 12.7 Å². The molecular formula is C9H9N3O6S. The SMILES string of the molecule is O=C1N2CC=C(c3cnco3)C(C2)N1OS(=O)(=O)O. The average molecular weight is 287 g/mol. The van der Waals surface area contributed by atoms with Gasteiger partial charge in [0.2, 0.25) is 0 Å². The maximum absolute atomic E-state index is 11.9.